The normalized spacial score (nSPS) is 11.0. The Bertz CT molecular complexity index is 780. The van der Waals surface area contributed by atoms with Gasteiger partial charge in [0, 0.05) is 6.07 Å². The van der Waals surface area contributed by atoms with Crippen molar-refractivity contribution in [3.05, 3.63) is 53.9 Å². The fourth-order valence-corrected chi connectivity index (χ4v) is 2.67. The van der Waals surface area contributed by atoms with Gasteiger partial charge in [-0.3, -0.25) is 4.57 Å². The fourth-order valence-electron chi connectivity index (χ4n) is 2.49. The number of benzene rings is 2. The Morgan fingerprint density at radius 3 is 2.81 bits per heavy atom. The van der Waals surface area contributed by atoms with Crippen molar-refractivity contribution in [2.75, 3.05) is 6.61 Å². The Hall–Kier alpha value is -2.00. The number of hydrogen-bond donors (Lipinski definition) is 0. The Morgan fingerprint density at radius 2 is 2.05 bits per heavy atom. The maximum Gasteiger partial charge on any atom is 0.129 e. The van der Waals surface area contributed by atoms with Gasteiger partial charge >= 0.3 is 0 Å². The van der Waals surface area contributed by atoms with Crippen molar-refractivity contribution < 1.29 is 4.74 Å². The van der Waals surface area contributed by atoms with Gasteiger partial charge in [-0.15, -0.1) is 11.6 Å². The lowest BCUT2D eigenvalue weighted by atomic mass is 10.2. The van der Waals surface area contributed by atoms with Crippen LogP contribution in [0.3, 0.4) is 0 Å². The summed E-state index contributed by atoms with van der Waals surface area (Å²) in [5, 5.41) is 0. The molecule has 3 aromatic rings. The highest BCUT2D eigenvalue weighted by atomic mass is 35.5. The molecule has 0 bridgehead atoms. The lowest BCUT2D eigenvalue weighted by Gasteiger charge is -2.10. The van der Waals surface area contributed by atoms with Crippen LogP contribution in [-0.2, 0) is 5.88 Å². The zero-order valence-electron chi connectivity index (χ0n) is 12.1. The number of aryl methyl sites for hydroxylation is 1. The Morgan fingerprint density at radius 1 is 1.19 bits per heavy atom. The monoisotopic (exact) mass is 300 g/mol. The Labute approximate surface area is 129 Å². The van der Waals surface area contributed by atoms with Crippen molar-refractivity contribution in [3.63, 3.8) is 0 Å². The van der Waals surface area contributed by atoms with Gasteiger partial charge in [-0.05, 0) is 43.7 Å². The summed E-state index contributed by atoms with van der Waals surface area (Å²) < 4.78 is 7.68. The summed E-state index contributed by atoms with van der Waals surface area (Å²) in [5.41, 5.74) is 4.24. The predicted octanol–water partition coefficient (Wildman–Crippen LogP) is 4.47. The number of alkyl halides is 1. The van der Waals surface area contributed by atoms with Crippen LogP contribution in [0.2, 0.25) is 0 Å². The van der Waals surface area contributed by atoms with E-state index in [4.69, 9.17) is 16.3 Å². The van der Waals surface area contributed by atoms with Crippen LogP contribution in [-0.4, -0.2) is 16.2 Å². The highest BCUT2D eigenvalue weighted by Gasteiger charge is 2.12. The minimum absolute atomic E-state index is 0.368. The van der Waals surface area contributed by atoms with E-state index in [0.717, 1.165) is 28.3 Å². The molecule has 0 aliphatic heterocycles. The summed E-state index contributed by atoms with van der Waals surface area (Å²) >= 11 is 6.08. The summed E-state index contributed by atoms with van der Waals surface area (Å²) in [7, 11) is 0. The van der Waals surface area contributed by atoms with E-state index in [2.05, 4.69) is 28.6 Å². The number of halogens is 1. The highest BCUT2D eigenvalue weighted by Crippen LogP contribution is 2.26. The average molecular weight is 301 g/mol. The van der Waals surface area contributed by atoms with Crippen LogP contribution >= 0.6 is 11.6 Å². The van der Waals surface area contributed by atoms with E-state index in [1.54, 1.807) is 0 Å². The smallest absolute Gasteiger partial charge is 0.129 e. The van der Waals surface area contributed by atoms with E-state index in [0.29, 0.717) is 12.5 Å². The highest BCUT2D eigenvalue weighted by molar-refractivity contribution is 6.17. The lowest BCUT2D eigenvalue weighted by molar-refractivity contribution is 0.340. The van der Waals surface area contributed by atoms with Gasteiger partial charge < -0.3 is 4.74 Å². The first-order valence-corrected chi connectivity index (χ1v) is 7.53. The second kappa shape index (κ2) is 5.78. The second-order valence-electron chi connectivity index (χ2n) is 4.92. The number of ether oxygens (including phenoxy) is 1. The van der Waals surface area contributed by atoms with E-state index in [1.165, 1.54) is 5.56 Å². The van der Waals surface area contributed by atoms with Gasteiger partial charge in [0.1, 0.15) is 11.6 Å². The number of hydrogen-bond acceptors (Lipinski definition) is 2. The molecule has 4 heteroatoms. The molecule has 0 atom stereocenters. The van der Waals surface area contributed by atoms with Crippen LogP contribution in [0.4, 0.5) is 0 Å². The first-order chi connectivity index (χ1) is 10.2. The van der Waals surface area contributed by atoms with Crippen molar-refractivity contribution in [1.29, 1.82) is 0 Å². The van der Waals surface area contributed by atoms with E-state index in [-0.39, 0.29) is 0 Å². The molecule has 0 saturated heterocycles. The largest absolute Gasteiger partial charge is 0.494 e. The van der Waals surface area contributed by atoms with Crippen molar-refractivity contribution >= 4 is 22.6 Å². The van der Waals surface area contributed by atoms with Gasteiger partial charge in [0.25, 0.3) is 0 Å². The third kappa shape index (κ3) is 2.61. The van der Waals surface area contributed by atoms with Crippen molar-refractivity contribution in [2.45, 2.75) is 19.7 Å². The zero-order valence-corrected chi connectivity index (χ0v) is 12.9. The number of nitrogens with zero attached hydrogens (tertiary/aromatic N) is 2. The van der Waals surface area contributed by atoms with Gasteiger partial charge in [-0.1, -0.05) is 12.1 Å². The second-order valence-corrected chi connectivity index (χ2v) is 5.19. The Balaban J connectivity index is 2.22. The van der Waals surface area contributed by atoms with Crippen LogP contribution in [0, 0.1) is 6.92 Å². The molecule has 0 unspecified atom stereocenters. The standard InChI is InChI=1S/C17H17ClN2O/c1-3-21-14-6-4-5-13(10-14)20-16-9-12(2)7-8-15(16)19-17(20)11-18/h4-10H,3,11H2,1-2H3. The third-order valence-corrected chi connectivity index (χ3v) is 3.62. The summed E-state index contributed by atoms with van der Waals surface area (Å²) in [6.07, 6.45) is 0. The van der Waals surface area contributed by atoms with E-state index < -0.39 is 0 Å². The van der Waals surface area contributed by atoms with Gasteiger partial charge in [0.05, 0.1) is 29.2 Å². The number of imidazole rings is 1. The van der Waals surface area contributed by atoms with Gasteiger partial charge in [0.15, 0.2) is 0 Å². The summed E-state index contributed by atoms with van der Waals surface area (Å²) in [4.78, 5) is 4.61. The third-order valence-electron chi connectivity index (χ3n) is 3.39. The molecule has 0 radical (unpaired) electrons. The molecule has 0 aliphatic carbocycles. The maximum atomic E-state index is 6.08. The molecule has 0 amide bonds. The fraction of sp³-hybridized carbons (Fsp3) is 0.235. The van der Waals surface area contributed by atoms with Crippen LogP contribution in [0.1, 0.15) is 18.3 Å². The SMILES string of the molecule is CCOc1cccc(-n2c(CCl)nc3ccc(C)cc32)c1. The first-order valence-electron chi connectivity index (χ1n) is 7.00. The molecule has 3 rings (SSSR count). The molecule has 0 aliphatic rings. The lowest BCUT2D eigenvalue weighted by Crippen LogP contribution is -2.00. The van der Waals surface area contributed by atoms with Crippen molar-refractivity contribution in [1.82, 2.24) is 9.55 Å². The van der Waals surface area contributed by atoms with Gasteiger partial charge in [0.2, 0.25) is 0 Å². The molecule has 0 saturated carbocycles. The minimum atomic E-state index is 0.368. The average Bonchev–Trinajstić information content (AvgIpc) is 2.85. The molecule has 0 N–H and O–H groups in total. The molecule has 2 aromatic carbocycles. The van der Waals surface area contributed by atoms with E-state index >= 15 is 0 Å². The molecule has 1 aromatic heterocycles. The van der Waals surface area contributed by atoms with Crippen LogP contribution < -0.4 is 4.74 Å². The maximum absolute atomic E-state index is 6.08. The van der Waals surface area contributed by atoms with Gasteiger partial charge in [-0.2, -0.15) is 0 Å². The number of rotatable bonds is 4. The van der Waals surface area contributed by atoms with Crippen LogP contribution in [0.15, 0.2) is 42.5 Å². The molecule has 0 spiro atoms. The number of fused-ring (bicyclic) bond motifs is 1. The van der Waals surface area contributed by atoms with Crippen LogP contribution in [0.25, 0.3) is 16.7 Å². The first kappa shape index (κ1) is 14.0. The van der Waals surface area contributed by atoms with E-state index in [1.807, 2.05) is 37.3 Å². The molecule has 0 fully saturated rings. The van der Waals surface area contributed by atoms with Crippen LogP contribution in [0.5, 0.6) is 5.75 Å². The molecular weight excluding hydrogens is 284 g/mol. The minimum Gasteiger partial charge on any atom is -0.494 e. The summed E-state index contributed by atoms with van der Waals surface area (Å²) in [5.74, 6) is 2.06. The predicted molar refractivity (Wildman–Crippen MR) is 86.5 cm³/mol. The molecule has 108 valence electrons. The number of aromatic nitrogens is 2. The molecule has 21 heavy (non-hydrogen) atoms. The quantitative estimate of drug-likeness (QED) is 0.665. The Kier molecular flexibility index (Phi) is 3.84. The van der Waals surface area contributed by atoms with Crippen molar-refractivity contribution in [2.24, 2.45) is 0 Å². The zero-order chi connectivity index (χ0) is 14.8. The van der Waals surface area contributed by atoms with E-state index in [9.17, 15) is 0 Å². The van der Waals surface area contributed by atoms with Gasteiger partial charge in [-0.25, -0.2) is 4.98 Å². The summed E-state index contributed by atoms with van der Waals surface area (Å²) in [6.45, 7) is 4.70. The van der Waals surface area contributed by atoms with Crippen molar-refractivity contribution in [3.8, 4) is 11.4 Å². The molecule has 1 heterocycles. The molecular formula is C17H17ClN2O. The topological polar surface area (TPSA) is 27.1 Å². The summed E-state index contributed by atoms with van der Waals surface area (Å²) in [6, 6.07) is 14.2. The molecule has 3 nitrogen and oxygen atoms in total.